The fourth-order valence-electron chi connectivity index (χ4n) is 3.37. The van der Waals surface area contributed by atoms with E-state index in [9.17, 15) is 9.59 Å². The molecule has 26 heavy (non-hydrogen) atoms. The Morgan fingerprint density at radius 3 is 2.77 bits per heavy atom. The third-order valence-corrected chi connectivity index (χ3v) is 5.96. The smallest absolute Gasteiger partial charge is 0.236 e. The van der Waals surface area contributed by atoms with E-state index in [2.05, 4.69) is 5.32 Å². The van der Waals surface area contributed by atoms with Crippen molar-refractivity contribution in [2.24, 2.45) is 0 Å². The van der Waals surface area contributed by atoms with Gasteiger partial charge in [0.1, 0.15) is 0 Å². The van der Waals surface area contributed by atoms with Crippen molar-refractivity contribution in [2.75, 3.05) is 38.5 Å². The molecule has 144 valence electrons. The van der Waals surface area contributed by atoms with E-state index < -0.39 is 0 Å². The van der Waals surface area contributed by atoms with Gasteiger partial charge in [0, 0.05) is 43.0 Å². The van der Waals surface area contributed by atoms with Crippen molar-refractivity contribution in [2.45, 2.75) is 24.6 Å². The Morgan fingerprint density at radius 2 is 2.04 bits per heavy atom. The second-order valence-electron chi connectivity index (χ2n) is 6.52. The van der Waals surface area contributed by atoms with E-state index in [1.165, 1.54) is 5.56 Å². The van der Waals surface area contributed by atoms with Crippen LogP contribution in [-0.4, -0.2) is 66.1 Å². The van der Waals surface area contributed by atoms with Gasteiger partial charge in [-0.1, -0.05) is 23.7 Å². The Kier molecular flexibility index (Phi) is 8.54. The number of hydrogen-bond donors (Lipinski definition) is 1. The number of carbonyl (C=O) groups excluding carboxylic acids is 2. The number of piperidine rings is 1. The molecule has 2 fully saturated rings. The lowest BCUT2D eigenvalue weighted by atomic mass is 10.0. The van der Waals surface area contributed by atoms with Crippen LogP contribution in [0.25, 0.3) is 0 Å². The van der Waals surface area contributed by atoms with E-state index >= 15 is 0 Å². The molecule has 5 nitrogen and oxygen atoms in total. The first-order valence-corrected chi connectivity index (χ1v) is 10.3. The number of nitrogens with one attached hydrogen (secondary N) is 1. The van der Waals surface area contributed by atoms with E-state index in [0.29, 0.717) is 18.8 Å². The molecule has 8 heteroatoms. The van der Waals surface area contributed by atoms with E-state index in [-0.39, 0.29) is 30.3 Å². The maximum atomic E-state index is 12.5. The number of carbonyl (C=O) groups is 2. The lowest BCUT2D eigenvalue weighted by molar-refractivity contribution is -0.139. The second kappa shape index (κ2) is 10.4. The highest BCUT2D eigenvalue weighted by Gasteiger charge is 2.31. The number of likely N-dealkylation sites (tertiary alicyclic amines) is 1. The molecule has 0 radical (unpaired) electrons. The van der Waals surface area contributed by atoms with Gasteiger partial charge in [0.05, 0.1) is 12.3 Å². The predicted octanol–water partition coefficient (Wildman–Crippen LogP) is 2.42. The summed E-state index contributed by atoms with van der Waals surface area (Å²) in [6, 6.07) is 7.91. The van der Waals surface area contributed by atoms with Crippen molar-refractivity contribution in [1.29, 1.82) is 0 Å². The average Bonchev–Trinajstić information content (AvgIpc) is 2.64. The van der Waals surface area contributed by atoms with Crippen molar-refractivity contribution < 1.29 is 9.59 Å². The number of halogens is 2. The molecule has 0 aliphatic carbocycles. The van der Waals surface area contributed by atoms with Gasteiger partial charge in [-0.05, 0) is 30.5 Å². The molecule has 0 aromatic heterocycles. The number of benzene rings is 1. The molecule has 2 heterocycles. The zero-order valence-electron chi connectivity index (χ0n) is 14.7. The topological polar surface area (TPSA) is 52.7 Å². The van der Waals surface area contributed by atoms with E-state index in [1.54, 1.807) is 11.8 Å². The molecule has 1 aromatic carbocycles. The number of amides is 2. The van der Waals surface area contributed by atoms with Gasteiger partial charge in [-0.2, -0.15) is 0 Å². The first-order valence-electron chi connectivity index (χ1n) is 8.73. The summed E-state index contributed by atoms with van der Waals surface area (Å²) in [5, 5.41) is 3.83. The largest absolute Gasteiger partial charge is 0.340 e. The predicted molar refractivity (Wildman–Crippen MR) is 109 cm³/mol. The summed E-state index contributed by atoms with van der Waals surface area (Å²) in [6.45, 7) is 3.48. The number of piperazine rings is 1. The maximum Gasteiger partial charge on any atom is 0.236 e. The Morgan fingerprint density at radius 1 is 1.27 bits per heavy atom. The van der Waals surface area contributed by atoms with Gasteiger partial charge in [-0.25, -0.2) is 0 Å². The highest BCUT2D eigenvalue weighted by Crippen LogP contribution is 2.20. The van der Waals surface area contributed by atoms with Gasteiger partial charge >= 0.3 is 0 Å². The summed E-state index contributed by atoms with van der Waals surface area (Å²) in [5.74, 6) is 1.61. The molecule has 2 aliphatic rings. The van der Waals surface area contributed by atoms with Crippen LogP contribution in [0.3, 0.4) is 0 Å². The average molecular weight is 418 g/mol. The van der Waals surface area contributed by atoms with Gasteiger partial charge in [-0.15, -0.1) is 24.2 Å². The Hall–Kier alpha value is -0.950. The molecule has 1 unspecified atom stereocenters. The molecular weight excluding hydrogens is 393 g/mol. The Balaban J connectivity index is 0.00000243. The molecule has 0 spiro atoms. The summed E-state index contributed by atoms with van der Waals surface area (Å²) in [5.41, 5.74) is 1.17. The van der Waals surface area contributed by atoms with E-state index in [4.69, 9.17) is 11.6 Å². The second-order valence-corrected chi connectivity index (χ2v) is 7.94. The molecule has 1 atom stereocenters. The molecule has 0 bridgehead atoms. The van der Waals surface area contributed by atoms with Crippen LogP contribution >= 0.6 is 35.8 Å². The number of thioether (sulfide) groups is 1. The zero-order chi connectivity index (χ0) is 17.6. The van der Waals surface area contributed by atoms with Crippen molar-refractivity contribution in [3.05, 3.63) is 34.9 Å². The summed E-state index contributed by atoms with van der Waals surface area (Å²) in [7, 11) is 0. The zero-order valence-corrected chi connectivity index (χ0v) is 17.0. The minimum Gasteiger partial charge on any atom is -0.340 e. The number of nitrogens with zero attached hydrogens (tertiary/aromatic N) is 2. The third kappa shape index (κ3) is 5.78. The highest BCUT2D eigenvalue weighted by molar-refractivity contribution is 7.99. The van der Waals surface area contributed by atoms with Crippen molar-refractivity contribution in [1.82, 2.24) is 15.1 Å². The molecule has 1 N–H and O–H groups in total. The lowest BCUT2D eigenvalue weighted by Crippen LogP contribution is -2.57. The van der Waals surface area contributed by atoms with E-state index in [0.717, 1.165) is 43.3 Å². The molecule has 0 saturated carbocycles. The van der Waals surface area contributed by atoms with Gasteiger partial charge in [-0.3, -0.25) is 9.59 Å². The molecule has 2 saturated heterocycles. The summed E-state index contributed by atoms with van der Waals surface area (Å²) in [4.78, 5) is 28.5. The standard InChI is InChI=1S/C18H24ClN3O2S.ClH/c19-15-5-3-14(4-6-15)12-25-13-18(24)21-8-1-2-16(11-21)22-9-7-20-10-17(22)23;/h3-6,16,20H,1-2,7-13H2;1H. The summed E-state index contributed by atoms with van der Waals surface area (Å²) in [6.07, 6.45) is 1.96. The first-order chi connectivity index (χ1) is 12.1. The van der Waals surface area contributed by atoms with Crippen molar-refractivity contribution in [3.8, 4) is 0 Å². The summed E-state index contributed by atoms with van der Waals surface area (Å²) >= 11 is 7.51. The Bertz CT molecular complexity index is 615. The van der Waals surface area contributed by atoms with E-state index in [1.807, 2.05) is 34.1 Å². The minimum absolute atomic E-state index is 0. The molecule has 2 aliphatic heterocycles. The molecule has 1 aromatic rings. The van der Waals surface area contributed by atoms with Gasteiger partial charge < -0.3 is 15.1 Å². The minimum atomic E-state index is 0. The normalized spacial score (nSPS) is 20.7. The van der Waals surface area contributed by atoms with Crippen LogP contribution in [0.4, 0.5) is 0 Å². The van der Waals surface area contributed by atoms with Crippen LogP contribution in [0, 0.1) is 0 Å². The van der Waals surface area contributed by atoms with Crippen LogP contribution in [0.1, 0.15) is 18.4 Å². The Labute approximate surface area is 170 Å². The van der Waals surface area contributed by atoms with Gasteiger partial charge in [0.25, 0.3) is 0 Å². The fourth-order valence-corrected chi connectivity index (χ4v) is 4.38. The lowest BCUT2D eigenvalue weighted by Gasteiger charge is -2.41. The molecule has 3 rings (SSSR count). The maximum absolute atomic E-state index is 12.5. The number of hydrogen-bond acceptors (Lipinski definition) is 4. The van der Waals surface area contributed by atoms with Gasteiger partial charge in [0.15, 0.2) is 0 Å². The third-order valence-electron chi connectivity index (χ3n) is 4.72. The quantitative estimate of drug-likeness (QED) is 0.798. The monoisotopic (exact) mass is 417 g/mol. The summed E-state index contributed by atoms with van der Waals surface area (Å²) < 4.78 is 0. The first kappa shape index (κ1) is 21.4. The van der Waals surface area contributed by atoms with Crippen molar-refractivity contribution in [3.63, 3.8) is 0 Å². The SMILES string of the molecule is Cl.O=C(CSCc1ccc(Cl)cc1)N1CCCC(N2CCNCC2=O)C1. The van der Waals surface area contributed by atoms with Crippen LogP contribution in [0.5, 0.6) is 0 Å². The number of rotatable bonds is 5. The van der Waals surface area contributed by atoms with Crippen LogP contribution in [-0.2, 0) is 15.3 Å². The van der Waals surface area contributed by atoms with Crippen molar-refractivity contribution >= 4 is 47.6 Å². The van der Waals surface area contributed by atoms with Crippen LogP contribution in [0.15, 0.2) is 24.3 Å². The molecular formula is C18H25Cl2N3O2S. The van der Waals surface area contributed by atoms with Crippen LogP contribution < -0.4 is 5.32 Å². The van der Waals surface area contributed by atoms with Gasteiger partial charge in [0.2, 0.25) is 11.8 Å². The molecule has 2 amide bonds. The van der Waals surface area contributed by atoms with Crippen LogP contribution in [0.2, 0.25) is 5.02 Å². The fraction of sp³-hybridized carbons (Fsp3) is 0.556. The highest BCUT2D eigenvalue weighted by atomic mass is 35.5.